The normalized spacial score (nSPS) is 15.2. The van der Waals surface area contributed by atoms with E-state index < -0.39 is 11.7 Å². The highest BCUT2D eigenvalue weighted by Crippen LogP contribution is 2.44. The molecule has 0 atom stereocenters. The summed E-state index contributed by atoms with van der Waals surface area (Å²) in [7, 11) is 0. The molecule has 3 heterocycles. The van der Waals surface area contributed by atoms with Gasteiger partial charge in [0, 0.05) is 30.3 Å². The number of benzene rings is 4. The van der Waals surface area contributed by atoms with E-state index in [1.165, 1.54) is 35.6 Å². The maximum absolute atomic E-state index is 13.8. The third-order valence-corrected chi connectivity index (χ3v) is 9.23. The second-order valence-corrected chi connectivity index (χ2v) is 12.7. The molecule has 1 saturated carbocycles. The number of fused-ring (bicyclic) bond motifs is 1. The van der Waals surface area contributed by atoms with Gasteiger partial charge in [-0.1, -0.05) is 17.4 Å². The number of alkyl halides is 3. The lowest BCUT2D eigenvalue weighted by molar-refractivity contribution is -0.137. The maximum Gasteiger partial charge on any atom is 0.416 e. The van der Waals surface area contributed by atoms with Crippen LogP contribution < -0.4 is 15.0 Å². The number of nitrogens with one attached hydrogen (secondary N) is 1. The van der Waals surface area contributed by atoms with Gasteiger partial charge in [0.1, 0.15) is 28.1 Å². The second kappa shape index (κ2) is 12.2. The molecule has 0 spiro atoms. The van der Waals surface area contributed by atoms with Crippen LogP contribution in [0.1, 0.15) is 24.4 Å². The topological polar surface area (TPSA) is 77.3 Å². The van der Waals surface area contributed by atoms with Gasteiger partial charge in [-0.25, -0.2) is 9.37 Å². The molecule has 6 aromatic rings. The molecule has 1 aliphatic heterocycles. The number of imidazole rings is 1. The van der Waals surface area contributed by atoms with Crippen molar-refractivity contribution in [1.82, 2.24) is 19.7 Å². The summed E-state index contributed by atoms with van der Waals surface area (Å²) in [4.78, 5) is 7.32. The van der Waals surface area contributed by atoms with Crippen molar-refractivity contribution in [2.24, 2.45) is 0 Å². The van der Waals surface area contributed by atoms with Gasteiger partial charge in [-0.05, 0) is 91.7 Å². The second-order valence-electron chi connectivity index (χ2n) is 11.7. The van der Waals surface area contributed by atoms with E-state index in [4.69, 9.17) is 14.5 Å². The first-order chi connectivity index (χ1) is 23.3. The lowest BCUT2D eigenvalue weighted by Gasteiger charge is -2.30. The summed E-state index contributed by atoms with van der Waals surface area (Å²) in [6, 6.07) is 22.7. The fourth-order valence-corrected chi connectivity index (χ4v) is 6.61. The van der Waals surface area contributed by atoms with Gasteiger partial charge in [-0.3, -0.25) is 0 Å². The molecule has 8 rings (SSSR count). The predicted octanol–water partition coefficient (Wildman–Crippen LogP) is 9.09. The van der Waals surface area contributed by atoms with Gasteiger partial charge in [0.25, 0.3) is 0 Å². The summed E-state index contributed by atoms with van der Waals surface area (Å²) in [6.45, 7) is 2.71. The zero-order valence-electron chi connectivity index (χ0n) is 25.4. The smallest absolute Gasteiger partial charge is 0.416 e. The number of ether oxygens (including phenoxy) is 2. The van der Waals surface area contributed by atoms with Gasteiger partial charge < -0.3 is 24.3 Å². The van der Waals surface area contributed by atoms with Crippen LogP contribution in [0.4, 0.5) is 34.1 Å². The van der Waals surface area contributed by atoms with Crippen LogP contribution in [0.2, 0.25) is 0 Å². The molecule has 4 aromatic carbocycles. The molecule has 0 radical (unpaired) electrons. The zero-order chi connectivity index (χ0) is 32.8. The highest BCUT2D eigenvalue weighted by atomic mass is 32.1. The summed E-state index contributed by atoms with van der Waals surface area (Å²) < 4.78 is 66.6. The average molecular weight is 673 g/mol. The van der Waals surface area contributed by atoms with Gasteiger partial charge in [0.05, 0.1) is 41.2 Å². The molecule has 0 amide bonds. The van der Waals surface area contributed by atoms with Crippen LogP contribution in [-0.4, -0.2) is 46.1 Å². The van der Waals surface area contributed by atoms with E-state index in [9.17, 15) is 17.6 Å². The molecule has 2 aromatic heterocycles. The molecular weight excluding hydrogens is 644 g/mol. The van der Waals surface area contributed by atoms with Gasteiger partial charge in [-0.15, -0.1) is 10.2 Å². The molecule has 1 saturated heterocycles. The van der Waals surface area contributed by atoms with Crippen molar-refractivity contribution >= 4 is 38.9 Å². The number of nitrogens with zero attached hydrogens (tertiary/aromatic N) is 5. The quantitative estimate of drug-likeness (QED) is 0.162. The minimum Gasteiger partial charge on any atom is -0.457 e. The van der Waals surface area contributed by atoms with Crippen LogP contribution in [0.25, 0.3) is 33.0 Å². The standard InChI is InChI=1S/C35H28F4N6O2S/c36-24-8-4-21(5-9-24)32-40-29-19-28(30(44-14-16-46-17-15-44)20-31(29)45(32)25-10-11-25)41-34-43-42-33(48-34)22-6-12-26(13-7-22)47-27-3-1-2-23(18-27)35(37,38)39/h1-9,12-13,18-20,25H,10-11,14-17H2,(H,41,43). The lowest BCUT2D eigenvalue weighted by Crippen LogP contribution is -2.36. The molecule has 13 heteroatoms. The molecule has 2 aliphatic rings. The Labute approximate surface area is 276 Å². The summed E-state index contributed by atoms with van der Waals surface area (Å²) in [5.74, 6) is 1.02. The van der Waals surface area contributed by atoms with Gasteiger partial charge in [0.15, 0.2) is 0 Å². The van der Waals surface area contributed by atoms with Crippen LogP contribution in [-0.2, 0) is 10.9 Å². The Morgan fingerprint density at radius 3 is 2.33 bits per heavy atom. The average Bonchev–Trinajstić information content (AvgIpc) is 3.71. The highest BCUT2D eigenvalue weighted by molar-refractivity contribution is 7.18. The van der Waals surface area contributed by atoms with E-state index in [1.54, 1.807) is 36.4 Å². The van der Waals surface area contributed by atoms with Crippen LogP contribution in [0, 0.1) is 5.82 Å². The molecule has 1 aliphatic carbocycles. The van der Waals surface area contributed by atoms with Crippen molar-refractivity contribution in [3.63, 3.8) is 0 Å². The Hall–Kier alpha value is -5.01. The van der Waals surface area contributed by atoms with Crippen molar-refractivity contribution < 1.29 is 27.0 Å². The largest absolute Gasteiger partial charge is 0.457 e. The van der Waals surface area contributed by atoms with Crippen molar-refractivity contribution in [3.05, 3.63) is 96.3 Å². The molecule has 0 bridgehead atoms. The van der Waals surface area contributed by atoms with Gasteiger partial charge in [0.2, 0.25) is 5.13 Å². The van der Waals surface area contributed by atoms with Crippen LogP contribution in [0.5, 0.6) is 11.5 Å². The highest BCUT2D eigenvalue weighted by Gasteiger charge is 2.31. The van der Waals surface area contributed by atoms with E-state index in [1.807, 2.05) is 6.07 Å². The van der Waals surface area contributed by atoms with Crippen molar-refractivity contribution in [1.29, 1.82) is 0 Å². The number of anilines is 3. The summed E-state index contributed by atoms with van der Waals surface area (Å²) in [6.07, 6.45) is -2.32. The number of hydrogen-bond donors (Lipinski definition) is 1. The third kappa shape index (κ3) is 6.18. The SMILES string of the molecule is Fc1ccc(-c2nc3cc(Nc4nnc(-c5ccc(Oc6cccc(C(F)(F)F)c6)cc5)s4)c(N4CCOCC4)cc3n2C2CC2)cc1. The Morgan fingerprint density at radius 2 is 1.60 bits per heavy atom. The van der Waals surface area contributed by atoms with Crippen LogP contribution in [0.15, 0.2) is 84.9 Å². The summed E-state index contributed by atoms with van der Waals surface area (Å²) >= 11 is 1.37. The molecule has 48 heavy (non-hydrogen) atoms. The fourth-order valence-electron chi connectivity index (χ4n) is 5.84. The van der Waals surface area contributed by atoms with Crippen molar-refractivity contribution in [2.75, 3.05) is 36.5 Å². The minimum absolute atomic E-state index is 0.0970. The third-order valence-electron chi connectivity index (χ3n) is 8.34. The van der Waals surface area contributed by atoms with Gasteiger partial charge in [-0.2, -0.15) is 13.2 Å². The van der Waals surface area contributed by atoms with E-state index in [0.717, 1.165) is 77.4 Å². The van der Waals surface area contributed by atoms with E-state index in [0.29, 0.717) is 35.1 Å². The first kappa shape index (κ1) is 30.3. The molecule has 244 valence electrons. The first-order valence-electron chi connectivity index (χ1n) is 15.5. The minimum atomic E-state index is -4.45. The Kier molecular flexibility index (Phi) is 7.72. The lowest BCUT2D eigenvalue weighted by atomic mass is 10.2. The zero-order valence-corrected chi connectivity index (χ0v) is 26.2. The first-order valence-corrected chi connectivity index (χ1v) is 16.3. The van der Waals surface area contributed by atoms with Crippen LogP contribution >= 0.6 is 11.3 Å². The van der Waals surface area contributed by atoms with E-state index in [-0.39, 0.29) is 11.6 Å². The maximum atomic E-state index is 13.8. The molecule has 8 nitrogen and oxygen atoms in total. The monoisotopic (exact) mass is 672 g/mol. The summed E-state index contributed by atoms with van der Waals surface area (Å²) in [5, 5.41) is 13.5. The Bertz CT molecular complexity index is 2090. The van der Waals surface area contributed by atoms with Crippen molar-refractivity contribution in [2.45, 2.75) is 25.1 Å². The molecular formula is C35H28F4N6O2S. The number of morpholine rings is 1. The Balaban J connectivity index is 1.08. The molecule has 0 unspecified atom stereocenters. The fraction of sp³-hybridized carbons (Fsp3) is 0.229. The molecule has 1 N–H and O–H groups in total. The number of aromatic nitrogens is 4. The van der Waals surface area contributed by atoms with E-state index >= 15 is 0 Å². The molecule has 2 fully saturated rings. The van der Waals surface area contributed by atoms with Crippen molar-refractivity contribution in [3.8, 4) is 33.5 Å². The van der Waals surface area contributed by atoms with Gasteiger partial charge >= 0.3 is 6.18 Å². The van der Waals surface area contributed by atoms with Crippen LogP contribution in [0.3, 0.4) is 0 Å². The number of halogens is 4. The number of rotatable bonds is 8. The number of hydrogen-bond acceptors (Lipinski definition) is 8. The summed E-state index contributed by atoms with van der Waals surface area (Å²) in [5.41, 5.74) is 4.56. The predicted molar refractivity (Wildman–Crippen MR) is 177 cm³/mol. The Morgan fingerprint density at radius 1 is 0.854 bits per heavy atom. The van der Waals surface area contributed by atoms with E-state index in [2.05, 4.69) is 31.0 Å².